The summed E-state index contributed by atoms with van der Waals surface area (Å²) in [5.74, 6) is -6.95. The predicted octanol–water partition coefficient (Wildman–Crippen LogP) is -4.01. The molecule has 1 aromatic rings. The van der Waals surface area contributed by atoms with Crippen LogP contribution in [0.1, 0.15) is 22.8 Å². The second kappa shape index (κ2) is 12.6. The van der Waals surface area contributed by atoms with E-state index in [0.29, 0.717) is 10.5 Å². The number of para-hydroxylation sites is 1. The van der Waals surface area contributed by atoms with Gasteiger partial charge in [-0.25, -0.2) is 19.5 Å². The summed E-state index contributed by atoms with van der Waals surface area (Å²) in [5, 5.41) is 39.4. The Hall–Kier alpha value is -3.78. The molecule has 0 bridgehead atoms. The number of nitrogens with zero attached hydrogens (tertiary/aromatic N) is 2. The van der Waals surface area contributed by atoms with Crippen LogP contribution in [0.3, 0.4) is 0 Å². The maximum atomic E-state index is 13.3. The smallest absolute Gasteiger partial charge is 0.534 e. The first-order valence-electron chi connectivity index (χ1n) is 12.1. The Kier molecular flexibility index (Phi) is 9.69. The lowest BCUT2D eigenvalue weighted by molar-refractivity contribution is -0.153. The third-order valence-corrected chi connectivity index (χ3v) is 7.00. The van der Waals surface area contributed by atoms with Crippen molar-refractivity contribution in [1.82, 2.24) is 25.2 Å². The van der Waals surface area contributed by atoms with Crippen molar-refractivity contribution in [1.29, 1.82) is 0 Å². The lowest BCUT2D eigenvalue weighted by Crippen LogP contribution is -2.64. The molecule has 3 atom stereocenters. The molecule has 1 saturated heterocycles. The van der Waals surface area contributed by atoms with E-state index >= 15 is 0 Å². The van der Waals surface area contributed by atoms with Gasteiger partial charge in [0.05, 0.1) is 11.5 Å². The number of carboxylic acids is 1. The van der Waals surface area contributed by atoms with Crippen LogP contribution in [0.5, 0.6) is 5.75 Å². The number of carboxylic acid groups (broad SMARTS) is 1. The minimum atomic E-state index is -4.27. The zero-order valence-corrected chi connectivity index (χ0v) is 22.1. The minimum Gasteiger partial charge on any atom is -0.534 e. The number of fused-ring (bicyclic) bond motifs is 1. The average Bonchev–Trinajstić information content (AvgIpc) is 2.89. The summed E-state index contributed by atoms with van der Waals surface area (Å²) >= 11 is 0. The molecule has 17 nitrogen and oxygen atoms in total. The topological polar surface area (TPSA) is 258 Å². The zero-order chi connectivity index (χ0) is 29.8. The second-order valence-corrected chi connectivity index (χ2v) is 10.4. The highest BCUT2D eigenvalue weighted by Gasteiger charge is 2.42. The van der Waals surface area contributed by atoms with Crippen molar-refractivity contribution in [3.05, 3.63) is 29.3 Å². The molecule has 0 aliphatic carbocycles. The van der Waals surface area contributed by atoms with Gasteiger partial charge in [0.2, 0.25) is 5.91 Å². The standard InChI is InChI=1S/C21H29BN6O11S/c1-2-27-6-7-28(19(32)18(27)31)21(35)26-15(12(10-29)9-24-40(23,37)38)17(30)25-14-8-11-4-3-5-13(20(33)34)16(11)39-22(14)36/h3-5,12,14-15,24,29,36H,2,6-10H2,1H3,(H,25,30)(H,26,35)(H,33,34)(H2,23,37,38)/t12?,14-,15?/m0/s1. The van der Waals surface area contributed by atoms with Crippen molar-refractivity contribution in [2.24, 2.45) is 11.1 Å². The minimum absolute atomic E-state index is 0.0467. The van der Waals surface area contributed by atoms with Gasteiger partial charge in [0.15, 0.2) is 0 Å². The van der Waals surface area contributed by atoms with Gasteiger partial charge in [-0.3, -0.25) is 19.3 Å². The van der Waals surface area contributed by atoms with Gasteiger partial charge in [-0.15, -0.1) is 0 Å². The van der Waals surface area contributed by atoms with Gasteiger partial charge >= 0.3 is 30.9 Å². The molecule has 2 aliphatic rings. The van der Waals surface area contributed by atoms with Gasteiger partial charge < -0.3 is 35.4 Å². The molecule has 40 heavy (non-hydrogen) atoms. The SMILES string of the molecule is CCN1CCN(C(=O)NC(C(=O)N[C@H]2Cc3cccc(C(=O)O)c3OB2O)C(CO)CNS(N)(=O)=O)C(=O)C1=O. The number of nitrogens with two attached hydrogens (primary N) is 1. The van der Waals surface area contributed by atoms with Crippen molar-refractivity contribution < 1.29 is 52.3 Å². The number of carbonyl (C=O) groups excluding carboxylic acids is 4. The molecule has 0 spiro atoms. The number of urea groups is 1. The fourth-order valence-corrected chi connectivity index (χ4v) is 4.72. The third kappa shape index (κ3) is 7.05. The number of piperazine rings is 1. The number of hydrogen-bond acceptors (Lipinski definition) is 10. The summed E-state index contributed by atoms with van der Waals surface area (Å²) in [4.78, 5) is 64.3. The average molecular weight is 584 g/mol. The largest absolute Gasteiger partial charge is 0.547 e. The lowest BCUT2D eigenvalue weighted by atomic mass is 9.72. The normalized spacial score (nSPS) is 18.9. The van der Waals surface area contributed by atoms with Crippen molar-refractivity contribution in [3.8, 4) is 5.75 Å². The molecular formula is C21H29BN6O11S. The molecule has 3 rings (SSSR count). The number of hydrogen-bond donors (Lipinski definition) is 7. The zero-order valence-electron chi connectivity index (χ0n) is 21.3. The van der Waals surface area contributed by atoms with E-state index in [0.717, 1.165) is 0 Å². The molecule has 0 saturated carbocycles. The van der Waals surface area contributed by atoms with Gasteiger partial charge in [-0.2, -0.15) is 8.42 Å². The molecule has 5 amide bonds. The van der Waals surface area contributed by atoms with Crippen LogP contribution < -0.4 is 25.1 Å². The Labute approximate surface area is 228 Å². The monoisotopic (exact) mass is 584 g/mol. The van der Waals surface area contributed by atoms with E-state index in [1.165, 1.54) is 23.1 Å². The van der Waals surface area contributed by atoms with E-state index < -0.39 is 78.1 Å². The second-order valence-electron chi connectivity index (χ2n) is 9.03. The fourth-order valence-electron chi connectivity index (χ4n) is 4.28. The van der Waals surface area contributed by atoms with Crippen molar-refractivity contribution in [2.75, 3.05) is 32.8 Å². The number of carbonyl (C=O) groups is 5. The summed E-state index contributed by atoms with van der Waals surface area (Å²) in [6, 6.07) is 1.40. The molecular weight excluding hydrogens is 555 g/mol. The van der Waals surface area contributed by atoms with Crippen molar-refractivity contribution in [3.63, 3.8) is 0 Å². The van der Waals surface area contributed by atoms with Crippen molar-refractivity contribution >= 4 is 47.0 Å². The predicted molar refractivity (Wildman–Crippen MR) is 136 cm³/mol. The van der Waals surface area contributed by atoms with E-state index in [1.807, 2.05) is 4.72 Å². The quantitative estimate of drug-likeness (QED) is 0.103. The first-order valence-corrected chi connectivity index (χ1v) is 13.6. The molecule has 1 aromatic carbocycles. The number of aromatic carboxylic acids is 1. The van der Waals surface area contributed by atoms with E-state index in [2.05, 4.69) is 10.6 Å². The number of benzene rings is 1. The molecule has 1 fully saturated rings. The highest BCUT2D eigenvalue weighted by molar-refractivity contribution is 7.87. The number of rotatable bonds is 10. The summed E-state index contributed by atoms with van der Waals surface area (Å²) < 4.78 is 30.1. The Balaban J connectivity index is 1.83. The summed E-state index contributed by atoms with van der Waals surface area (Å²) in [5.41, 5.74) is 0.145. The van der Waals surface area contributed by atoms with Gasteiger partial charge in [0, 0.05) is 38.7 Å². The van der Waals surface area contributed by atoms with Crippen LogP contribution in [-0.4, -0.2) is 115 Å². The first-order chi connectivity index (χ1) is 18.8. The van der Waals surface area contributed by atoms with Gasteiger partial charge in [-0.05, 0) is 25.0 Å². The summed E-state index contributed by atoms with van der Waals surface area (Å²) in [7, 11) is -5.99. The van der Waals surface area contributed by atoms with E-state index in [9.17, 15) is 47.6 Å². The molecule has 2 heterocycles. The van der Waals surface area contributed by atoms with Crippen LogP contribution in [0.4, 0.5) is 4.79 Å². The number of aliphatic hydroxyl groups excluding tert-OH is 1. The summed E-state index contributed by atoms with van der Waals surface area (Å²) in [6.07, 6.45) is -0.0881. The Bertz CT molecular complexity index is 1300. The molecule has 19 heteroatoms. The maximum Gasteiger partial charge on any atom is 0.547 e. The van der Waals surface area contributed by atoms with Crippen LogP contribution in [0.15, 0.2) is 18.2 Å². The third-order valence-electron chi connectivity index (χ3n) is 6.43. The Morgan fingerprint density at radius 1 is 1.23 bits per heavy atom. The molecule has 8 N–H and O–H groups in total. The number of likely N-dealkylation sites (N-methyl/N-ethyl adjacent to an activating group) is 1. The molecule has 0 radical (unpaired) electrons. The molecule has 218 valence electrons. The summed E-state index contributed by atoms with van der Waals surface area (Å²) in [6.45, 7) is 0.293. The molecule has 2 aliphatic heterocycles. The van der Waals surface area contributed by atoms with Crippen LogP contribution in [-0.2, 0) is 31.0 Å². The number of imide groups is 1. The van der Waals surface area contributed by atoms with Crippen LogP contribution in [0, 0.1) is 5.92 Å². The number of aliphatic hydroxyl groups is 1. The van der Waals surface area contributed by atoms with E-state index in [-0.39, 0.29) is 37.4 Å². The highest BCUT2D eigenvalue weighted by atomic mass is 32.2. The first kappa shape index (κ1) is 30.8. The fraction of sp³-hybridized carbons (Fsp3) is 0.476. The molecule has 0 aromatic heterocycles. The van der Waals surface area contributed by atoms with E-state index in [1.54, 1.807) is 6.92 Å². The number of amides is 5. The van der Waals surface area contributed by atoms with Gasteiger partial charge in [-0.1, -0.05) is 12.1 Å². The van der Waals surface area contributed by atoms with Crippen LogP contribution in [0.2, 0.25) is 0 Å². The molecule has 2 unspecified atom stereocenters. The van der Waals surface area contributed by atoms with Gasteiger partial charge in [0.1, 0.15) is 11.8 Å². The highest BCUT2D eigenvalue weighted by Crippen LogP contribution is 2.30. The van der Waals surface area contributed by atoms with Crippen LogP contribution >= 0.6 is 0 Å². The number of nitrogens with one attached hydrogen (secondary N) is 3. The lowest BCUT2D eigenvalue weighted by Gasteiger charge is -2.34. The Morgan fingerprint density at radius 3 is 2.52 bits per heavy atom. The Morgan fingerprint density at radius 2 is 1.93 bits per heavy atom. The van der Waals surface area contributed by atoms with Gasteiger partial charge in [0.25, 0.3) is 10.2 Å². The van der Waals surface area contributed by atoms with E-state index in [4.69, 9.17) is 9.79 Å². The van der Waals surface area contributed by atoms with Crippen LogP contribution in [0.25, 0.3) is 0 Å². The van der Waals surface area contributed by atoms with Crippen molar-refractivity contribution in [2.45, 2.75) is 25.3 Å². The maximum absolute atomic E-state index is 13.3.